The van der Waals surface area contributed by atoms with Crippen LogP contribution in [0.15, 0.2) is 22.7 Å². The van der Waals surface area contributed by atoms with Crippen LogP contribution in [0.2, 0.25) is 0 Å². The third kappa shape index (κ3) is 7.69. The summed E-state index contributed by atoms with van der Waals surface area (Å²) in [5.41, 5.74) is 5.46. The van der Waals surface area contributed by atoms with Crippen LogP contribution in [0.5, 0.6) is 5.75 Å². The third-order valence-electron chi connectivity index (χ3n) is 2.37. The Hall–Kier alpha value is -0.400. The Morgan fingerprint density at radius 3 is 2.58 bits per heavy atom. The maximum atomic E-state index is 13.1. The lowest BCUT2D eigenvalue weighted by molar-refractivity contribution is 0.171. The molecule has 0 aliphatic carbocycles. The quantitative estimate of drug-likeness (QED) is 0.743. The highest BCUT2D eigenvalue weighted by Crippen LogP contribution is 2.20. The van der Waals surface area contributed by atoms with E-state index in [0.717, 1.165) is 0 Å². The molecule has 0 saturated carbocycles. The molecule has 0 aromatic heterocycles. The van der Waals surface area contributed by atoms with E-state index >= 15 is 0 Å². The zero-order chi connectivity index (χ0) is 13.4. The highest BCUT2D eigenvalue weighted by molar-refractivity contribution is 9.10. The standard InChI is InChI=1S/C12H18BrFN2O2.ClH/c13-10-7-11(14)9-12(8-10)18-6-4-16(2-1-15)3-5-17;/h7-9,17H,1-6,15H2;1H. The van der Waals surface area contributed by atoms with E-state index in [0.29, 0.717) is 43.0 Å². The van der Waals surface area contributed by atoms with Crippen molar-refractivity contribution >= 4 is 28.3 Å². The van der Waals surface area contributed by atoms with Crippen LogP contribution >= 0.6 is 28.3 Å². The molecule has 110 valence electrons. The van der Waals surface area contributed by atoms with E-state index in [2.05, 4.69) is 15.9 Å². The van der Waals surface area contributed by atoms with E-state index in [4.69, 9.17) is 15.6 Å². The molecule has 0 aliphatic rings. The minimum Gasteiger partial charge on any atom is -0.492 e. The molecule has 0 unspecified atom stereocenters. The van der Waals surface area contributed by atoms with Crippen LogP contribution in [-0.2, 0) is 0 Å². The molecule has 0 radical (unpaired) electrons. The Balaban J connectivity index is 0.00000324. The highest BCUT2D eigenvalue weighted by atomic mass is 79.9. The van der Waals surface area contributed by atoms with Gasteiger partial charge in [0.1, 0.15) is 18.2 Å². The van der Waals surface area contributed by atoms with Crippen molar-refractivity contribution in [3.63, 3.8) is 0 Å². The number of nitrogens with two attached hydrogens (primary N) is 1. The van der Waals surface area contributed by atoms with Crippen LogP contribution in [0.25, 0.3) is 0 Å². The Kier molecular flexibility index (Phi) is 10.2. The van der Waals surface area contributed by atoms with Crippen molar-refractivity contribution in [3.8, 4) is 5.75 Å². The van der Waals surface area contributed by atoms with Gasteiger partial charge in [0, 0.05) is 36.7 Å². The van der Waals surface area contributed by atoms with Crippen molar-refractivity contribution in [2.45, 2.75) is 0 Å². The van der Waals surface area contributed by atoms with E-state index in [1.165, 1.54) is 12.1 Å². The monoisotopic (exact) mass is 356 g/mol. The second kappa shape index (κ2) is 10.4. The second-order valence-electron chi connectivity index (χ2n) is 3.81. The van der Waals surface area contributed by atoms with Crippen LogP contribution in [0.4, 0.5) is 4.39 Å². The smallest absolute Gasteiger partial charge is 0.128 e. The summed E-state index contributed by atoms with van der Waals surface area (Å²) in [5, 5.41) is 8.87. The fourth-order valence-electron chi connectivity index (χ4n) is 1.56. The van der Waals surface area contributed by atoms with E-state index in [-0.39, 0.29) is 24.8 Å². The molecule has 7 heteroatoms. The van der Waals surface area contributed by atoms with Crippen LogP contribution in [0.1, 0.15) is 0 Å². The van der Waals surface area contributed by atoms with Gasteiger partial charge in [-0.15, -0.1) is 12.4 Å². The predicted molar refractivity (Wildman–Crippen MR) is 79.4 cm³/mol. The molecule has 0 aliphatic heterocycles. The van der Waals surface area contributed by atoms with E-state index in [1.807, 2.05) is 4.90 Å². The summed E-state index contributed by atoms with van der Waals surface area (Å²) in [6, 6.07) is 4.42. The van der Waals surface area contributed by atoms with Crippen LogP contribution in [0, 0.1) is 5.82 Å². The van der Waals surface area contributed by atoms with Crippen molar-refractivity contribution < 1.29 is 14.2 Å². The fraction of sp³-hybridized carbons (Fsp3) is 0.500. The molecule has 0 fully saturated rings. The maximum Gasteiger partial charge on any atom is 0.128 e. The molecular formula is C12H19BrClFN2O2. The molecule has 0 amide bonds. The number of hydrogen-bond acceptors (Lipinski definition) is 4. The third-order valence-corrected chi connectivity index (χ3v) is 2.83. The van der Waals surface area contributed by atoms with Gasteiger partial charge in [-0.05, 0) is 12.1 Å². The topological polar surface area (TPSA) is 58.7 Å². The first-order valence-electron chi connectivity index (χ1n) is 5.78. The molecule has 1 rings (SSSR count). The summed E-state index contributed by atoms with van der Waals surface area (Å²) in [6.07, 6.45) is 0. The van der Waals surface area contributed by atoms with Gasteiger partial charge < -0.3 is 15.6 Å². The number of nitrogens with zero attached hydrogens (tertiary/aromatic N) is 1. The van der Waals surface area contributed by atoms with Crippen molar-refractivity contribution in [1.82, 2.24) is 4.90 Å². The lowest BCUT2D eigenvalue weighted by Crippen LogP contribution is -2.35. The fourth-order valence-corrected chi connectivity index (χ4v) is 2.01. The van der Waals surface area contributed by atoms with Crippen molar-refractivity contribution in [2.75, 3.05) is 39.4 Å². The summed E-state index contributed by atoms with van der Waals surface area (Å²) in [7, 11) is 0. The van der Waals surface area contributed by atoms with Crippen molar-refractivity contribution in [2.24, 2.45) is 5.73 Å². The minimum atomic E-state index is -0.339. The summed E-state index contributed by atoms with van der Waals surface area (Å²) < 4.78 is 19.2. The molecule has 0 atom stereocenters. The zero-order valence-electron chi connectivity index (χ0n) is 10.5. The zero-order valence-corrected chi connectivity index (χ0v) is 12.9. The van der Waals surface area contributed by atoms with E-state index in [9.17, 15) is 4.39 Å². The number of ether oxygens (including phenoxy) is 1. The van der Waals surface area contributed by atoms with Gasteiger partial charge in [-0.1, -0.05) is 15.9 Å². The average Bonchev–Trinajstić information content (AvgIpc) is 2.28. The molecule has 4 nitrogen and oxygen atoms in total. The summed E-state index contributed by atoms with van der Waals surface area (Å²) in [6.45, 7) is 2.96. The first kappa shape index (κ1) is 18.6. The highest BCUT2D eigenvalue weighted by Gasteiger charge is 2.04. The SMILES string of the molecule is Cl.NCCN(CCO)CCOc1cc(F)cc(Br)c1. The number of hydrogen-bond donors (Lipinski definition) is 2. The summed E-state index contributed by atoms with van der Waals surface area (Å²) >= 11 is 3.20. The molecular weight excluding hydrogens is 338 g/mol. The maximum absolute atomic E-state index is 13.1. The van der Waals surface area contributed by atoms with Crippen molar-refractivity contribution in [3.05, 3.63) is 28.5 Å². The van der Waals surface area contributed by atoms with E-state index in [1.54, 1.807) is 6.07 Å². The number of rotatable bonds is 8. The second-order valence-corrected chi connectivity index (χ2v) is 4.72. The number of aliphatic hydroxyl groups is 1. The first-order chi connectivity index (χ1) is 8.65. The molecule has 1 aromatic carbocycles. The molecule has 19 heavy (non-hydrogen) atoms. The molecule has 3 N–H and O–H groups in total. The lowest BCUT2D eigenvalue weighted by Gasteiger charge is -2.20. The van der Waals surface area contributed by atoms with Crippen LogP contribution < -0.4 is 10.5 Å². The molecule has 0 bridgehead atoms. The molecule has 0 saturated heterocycles. The molecule has 0 heterocycles. The number of halogens is 3. The Bertz CT molecular complexity index is 345. The van der Waals surface area contributed by atoms with Gasteiger partial charge in [0.2, 0.25) is 0 Å². The summed E-state index contributed by atoms with van der Waals surface area (Å²) in [5.74, 6) is 0.145. The van der Waals surface area contributed by atoms with Crippen LogP contribution in [-0.4, -0.2) is 49.4 Å². The summed E-state index contributed by atoms with van der Waals surface area (Å²) in [4.78, 5) is 1.99. The van der Waals surface area contributed by atoms with Gasteiger partial charge in [0.15, 0.2) is 0 Å². The van der Waals surface area contributed by atoms with Gasteiger partial charge in [0.05, 0.1) is 6.61 Å². The number of benzene rings is 1. The van der Waals surface area contributed by atoms with Gasteiger partial charge in [0.25, 0.3) is 0 Å². The molecule has 1 aromatic rings. The van der Waals surface area contributed by atoms with E-state index < -0.39 is 0 Å². The minimum absolute atomic E-state index is 0. The van der Waals surface area contributed by atoms with Crippen LogP contribution in [0.3, 0.4) is 0 Å². The van der Waals surface area contributed by atoms with Gasteiger partial charge in [-0.3, -0.25) is 4.90 Å². The van der Waals surface area contributed by atoms with Gasteiger partial charge >= 0.3 is 0 Å². The number of aliphatic hydroxyl groups excluding tert-OH is 1. The Labute approximate surface area is 127 Å². The largest absolute Gasteiger partial charge is 0.492 e. The normalized spacial score (nSPS) is 10.4. The predicted octanol–water partition coefficient (Wildman–Crippen LogP) is 1.64. The van der Waals surface area contributed by atoms with Gasteiger partial charge in [-0.25, -0.2) is 4.39 Å². The Morgan fingerprint density at radius 1 is 1.26 bits per heavy atom. The van der Waals surface area contributed by atoms with Crippen molar-refractivity contribution in [1.29, 1.82) is 0 Å². The molecule has 0 spiro atoms. The first-order valence-corrected chi connectivity index (χ1v) is 6.57. The average molecular weight is 358 g/mol. The lowest BCUT2D eigenvalue weighted by atomic mass is 10.3. The Morgan fingerprint density at radius 2 is 2.00 bits per heavy atom. The van der Waals surface area contributed by atoms with Gasteiger partial charge in [-0.2, -0.15) is 0 Å².